The SMILES string of the molecule is CCc1ccc([C@H](C)NC(=O)C2CCN(Cc3ccccc3)CC2)cc1. The summed E-state index contributed by atoms with van der Waals surface area (Å²) in [7, 11) is 0. The van der Waals surface area contributed by atoms with Crippen LogP contribution in [0.2, 0.25) is 0 Å². The Bertz CT molecular complexity index is 688. The van der Waals surface area contributed by atoms with Gasteiger partial charge >= 0.3 is 0 Å². The predicted molar refractivity (Wildman–Crippen MR) is 107 cm³/mol. The molecule has 1 fully saturated rings. The summed E-state index contributed by atoms with van der Waals surface area (Å²) in [4.78, 5) is 15.1. The van der Waals surface area contributed by atoms with Crippen molar-refractivity contribution in [1.82, 2.24) is 10.2 Å². The van der Waals surface area contributed by atoms with Crippen molar-refractivity contribution in [2.24, 2.45) is 5.92 Å². The summed E-state index contributed by atoms with van der Waals surface area (Å²) in [5.41, 5.74) is 3.86. The van der Waals surface area contributed by atoms with Crippen LogP contribution >= 0.6 is 0 Å². The highest BCUT2D eigenvalue weighted by Gasteiger charge is 2.25. The summed E-state index contributed by atoms with van der Waals surface area (Å²) in [6.07, 6.45) is 2.93. The lowest BCUT2D eigenvalue weighted by Gasteiger charge is -2.32. The molecule has 1 N–H and O–H groups in total. The molecule has 0 spiro atoms. The van der Waals surface area contributed by atoms with E-state index in [1.807, 2.05) is 0 Å². The van der Waals surface area contributed by atoms with Crippen LogP contribution in [-0.2, 0) is 17.8 Å². The molecule has 1 heterocycles. The summed E-state index contributed by atoms with van der Waals surface area (Å²) in [6, 6.07) is 19.2. The van der Waals surface area contributed by atoms with Crippen molar-refractivity contribution in [3.63, 3.8) is 0 Å². The van der Waals surface area contributed by atoms with E-state index in [2.05, 4.69) is 78.7 Å². The average Bonchev–Trinajstić information content (AvgIpc) is 2.69. The first-order valence-corrected chi connectivity index (χ1v) is 9.81. The van der Waals surface area contributed by atoms with Crippen molar-refractivity contribution in [3.05, 3.63) is 71.3 Å². The van der Waals surface area contributed by atoms with E-state index in [4.69, 9.17) is 0 Å². The number of nitrogens with one attached hydrogen (secondary N) is 1. The summed E-state index contributed by atoms with van der Waals surface area (Å²) < 4.78 is 0. The van der Waals surface area contributed by atoms with Crippen LogP contribution in [-0.4, -0.2) is 23.9 Å². The Balaban J connectivity index is 1.47. The quantitative estimate of drug-likeness (QED) is 0.840. The maximum Gasteiger partial charge on any atom is 0.223 e. The van der Waals surface area contributed by atoms with Gasteiger partial charge in [0.05, 0.1) is 6.04 Å². The Morgan fingerprint density at radius 1 is 1.04 bits per heavy atom. The molecule has 1 aliphatic rings. The third kappa shape index (κ3) is 4.95. The molecule has 2 aromatic rings. The van der Waals surface area contributed by atoms with Gasteiger partial charge in [0, 0.05) is 12.5 Å². The first kappa shape index (κ1) is 18.7. The van der Waals surface area contributed by atoms with Crippen LogP contribution in [0.25, 0.3) is 0 Å². The number of piperidine rings is 1. The van der Waals surface area contributed by atoms with Crippen molar-refractivity contribution < 1.29 is 4.79 Å². The molecule has 0 unspecified atom stereocenters. The van der Waals surface area contributed by atoms with Gasteiger partial charge in [0.2, 0.25) is 5.91 Å². The molecule has 1 saturated heterocycles. The minimum atomic E-state index is 0.0655. The molecule has 2 aromatic carbocycles. The zero-order valence-corrected chi connectivity index (χ0v) is 15.9. The van der Waals surface area contributed by atoms with E-state index >= 15 is 0 Å². The molecule has 0 aromatic heterocycles. The summed E-state index contributed by atoms with van der Waals surface area (Å²) in [5.74, 6) is 0.343. The Morgan fingerprint density at radius 2 is 1.69 bits per heavy atom. The monoisotopic (exact) mass is 350 g/mol. The topological polar surface area (TPSA) is 32.3 Å². The van der Waals surface area contributed by atoms with Crippen molar-refractivity contribution >= 4 is 5.91 Å². The van der Waals surface area contributed by atoms with Crippen molar-refractivity contribution in [1.29, 1.82) is 0 Å². The van der Waals surface area contributed by atoms with Crippen LogP contribution in [0.15, 0.2) is 54.6 Å². The standard InChI is InChI=1S/C23H30N2O/c1-3-19-9-11-21(12-10-19)18(2)24-23(26)22-13-15-25(16-14-22)17-20-7-5-4-6-8-20/h4-12,18,22H,3,13-17H2,1-2H3,(H,24,26)/t18-/m0/s1. The van der Waals surface area contributed by atoms with Gasteiger partial charge in [-0.05, 0) is 56.0 Å². The van der Waals surface area contributed by atoms with Crippen molar-refractivity contribution in [2.75, 3.05) is 13.1 Å². The van der Waals surface area contributed by atoms with Crippen molar-refractivity contribution in [3.8, 4) is 0 Å². The Kier molecular flexibility index (Phi) is 6.45. The molecule has 138 valence electrons. The molecular formula is C23H30N2O. The minimum Gasteiger partial charge on any atom is -0.349 e. The predicted octanol–water partition coefficient (Wildman–Crippen LogP) is 4.34. The molecule has 0 saturated carbocycles. The van der Waals surface area contributed by atoms with E-state index in [0.29, 0.717) is 0 Å². The number of aryl methyl sites for hydroxylation is 1. The average molecular weight is 351 g/mol. The number of hydrogen-bond donors (Lipinski definition) is 1. The van der Waals surface area contributed by atoms with Gasteiger partial charge in [-0.25, -0.2) is 0 Å². The maximum atomic E-state index is 12.6. The molecule has 1 atom stereocenters. The smallest absolute Gasteiger partial charge is 0.223 e. The van der Waals surface area contributed by atoms with Gasteiger partial charge in [0.1, 0.15) is 0 Å². The molecule has 0 radical (unpaired) electrons. The van der Waals surface area contributed by atoms with E-state index in [-0.39, 0.29) is 17.9 Å². The fraction of sp³-hybridized carbons (Fsp3) is 0.435. The normalized spacial score (nSPS) is 17.0. The van der Waals surface area contributed by atoms with Crippen LogP contribution in [0.3, 0.4) is 0 Å². The first-order valence-electron chi connectivity index (χ1n) is 9.81. The largest absolute Gasteiger partial charge is 0.349 e. The lowest BCUT2D eigenvalue weighted by molar-refractivity contribution is -0.127. The highest BCUT2D eigenvalue weighted by molar-refractivity contribution is 5.79. The van der Waals surface area contributed by atoms with Crippen LogP contribution in [0.5, 0.6) is 0 Å². The van der Waals surface area contributed by atoms with E-state index in [0.717, 1.165) is 38.9 Å². The molecule has 1 aliphatic heterocycles. The fourth-order valence-electron chi connectivity index (χ4n) is 3.65. The van der Waals surface area contributed by atoms with Gasteiger partial charge in [0.15, 0.2) is 0 Å². The third-order valence-corrected chi connectivity index (χ3v) is 5.45. The van der Waals surface area contributed by atoms with Crippen LogP contribution in [0.4, 0.5) is 0 Å². The molecule has 3 heteroatoms. The molecule has 0 aliphatic carbocycles. The van der Waals surface area contributed by atoms with Crippen molar-refractivity contribution in [2.45, 2.75) is 45.7 Å². The zero-order valence-electron chi connectivity index (χ0n) is 15.9. The Labute approximate surface area is 157 Å². The number of rotatable bonds is 6. The maximum absolute atomic E-state index is 12.6. The number of benzene rings is 2. The fourth-order valence-corrected chi connectivity index (χ4v) is 3.65. The first-order chi connectivity index (χ1) is 12.7. The van der Waals surface area contributed by atoms with Gasteiger partial charge in [-0.3, -0.25) is 9.69 Å². The second-order valence-corrected chi connectivity index (χ2v) is 7.36. The molecule has 0 bridgehead atoms. The number of carbonyl (C=O) groups is 1. The second kappa shape index (κ2) is 9.00. The lowest BCUT2D eigenvalue weighted by atomic mass is 9.94. The Hall–Kier alpha value is -2.13. The van der Waals surface area contributed by atoms with Crippen LogP contribution in [0.1, 0.15) is 49.4 Å². The highest BCUT2D eigenvalue weighted by Crippen LogP contribution is 2.21. The van der Waals surface area contributed by atoms with Gasteiger partial charge in [0.25, 0.3) is 0 Å². The lowest BCUT2D eigenvalue weighted by Crippen LogP contribution is -2.40. The van der Waals surface area contributed by atoms with Crippen LogP contribution < -0.4 is 5.32 Å². The van der Waals surface area contributed by atoms with E-state index in [1.165, 1.54) is 16.7 Å². The summed E-state index contributed by atoms with van der Waals surface area (Å²) in [6.45, 7) is 7.20. The van der Waals surface area contributed by atoms with Gasteiger partial charge in [-0.2, -0.15) is 0 Å². The third-order valence-electron chi connectivity index (χ3n) is 5.45. The van der Waals surface area contributed by atoms with Gasteiger partial charge in [-0.1, -0.05) is 61.5 Å². The van der Waals surface area contributed by atoms with E-state index < -0.39 is 0 Å². The number of hydrogen-bond acceptors (Lipinski definition) is 2. The molecule has 3 nitrogen and oxygen atoms in total. The molecule has 3 rings (SSSR count). The highest BCUT2D eigenvalue weighted by atomic mass is 16.1. The molecular weight excluding hydrogens is 320 g/mol. The summed E-state index contributed by atoms with van der Waals surface area (Å²) >= 11 is 0. The van der Waals surface area contributed by atoms with Crippen LogP contribution in [0, 0.1) is 5.92 Å². The number of nitrogens with zero attached hydrogens (tertiary/aromatic N) is 1. The second-order valence-electron chi connectivity index (χ2n) is 7.36. The number of carbonyl (C=O) groups excluding carboxylic acids is 1. The number of amides is 1. The Morgan fingerprint density at radius 3 is 2.31 bits per heavy atom. The molecule has 1 amide bonds. The number of likely N-dealkylation sites (tertiary alicyclic amines) is 1. The summed E-state index contributed by atoms with van der Waals surface area (Å²) in [5, 5.41) is 3.21. The van der Waals surface area contributed by atoms with Gasteiger partial charge < -0.3 is 5.32 Å². The minimum absolute atomic E-state index is 0.0655. The molecule has 26 heavy (non-hydrogen) atoms. The van der Waals surface area contributed by atoms with Gasteiger partial charge in [-0.15, -0.1) is 0 Å². The van der Waals surface area contributed by atoms with E-state index in [1.54, 1.807) is 0 Å². The van der Waals surface area contributed by atoms with E-state index in [9.17, 15) is 4.79 Å². The zero-order chi connectivity index (χ0) is 18.4.